The lowest BCUT2D eigenvalue weighted by Gasteiger charge is -2.36. The van der Waals surface area contributed by atoms with Gasteiger partial charge in [0.05, 0.1) is 4.34 Å². The molecule has 2 aliphatic rings. The SMILES string of the molecule is CC(NCC1CC2CCC(C1)N2C)c1ccc(Cl)s1. The average Bonchev–Trinajstić information content (AvgIpc) is 2.88. The summed E-state index contributed by atoms with van der Waals surface area (Å²) in [4.78, 5) is 3.96. The van der Waals surface area contributed by atoms with Gasteiger partial charge in [0.15, 0.2) is 0 Å². The highest BCUT2D eigenvalue weighted by molar-refractivity contribution is 7.16. The first-order valence-electron chi connectivity index (χ1n) is 7.34. The van der Waals surface area contributed by atoms with Gasteiger partial charge >= 0.3 is 0 Å². The molecule has 0 saturated carbocycles. The predicted molar refractivity (Wildman–Crippen MR) is 83.0 cm³/mol. The summed E-state index contributed by atoms with van der Waals surface area (Å²) in [5.74, 6) is 0.853. The van der Waals surface area contributed by atoms with Crippen LogP contribution < -0.4 is 5.32 Å². The van der Waals surface area contributed by atoms with Crippen LogP contribution in [-0.4, -0.2) is 30.6 Å². The van der Waals surface area contributed by atoms with Crippen LogP contribution in [0.2, 0.25) is 4.34 Å². The topological polar surface area (TPSA) is 15.3 Å². The summed E-state index contributed by atoms with van der Waals surface area (Å²) < 4.78 is 0.890. The molecule has 4 heteroatoms. The Kier molecular flexibility index (Phi) is 4.18. The standard InChI is InChI=1S/C15H23ClN2S/c1-10(14-5-6-15(16)19-14)17-9-11-7-12-3-4-13(8-11)18(12)2/h5-6,10-13,17H,3-4,7-9H2,1-2H3. The maximum Gasteiger partial charge on any atom is 0.0931 e. The third-order valence-corrected chi connectivity index (χ3v) is 6.34. The van der Waals surface area contributed by atoms with Gasteiger partial charge in [-0.25, -0.2) is 0 Å². The summed E-state index contributed by atoms with van der Waals surface area (Å²) in [6.07, 6.45) is 5.57. The molecule has 3 heterocycles. The molecule has 2 fully saturated rings. The molecule has 0 aromatic carbocycles. The number of hydrogen-bond acceptors (Lipinski definition) is 3. The van der Waals surface area contributed by atoms with E-state index in [1.54, 1.807) is 11.3 Å². The second kappa shape index (κ2) is 5.72. The second-order valence-corrected chi connectivity index (χ2v) is 7.91. The number of rotatable bonds is 4. The molecule has 0 radical (unpaired) electrons. The van der Waals surface area contributed by atoms with E-state index in [1.807, 2.05) is 6.07 Å². The molecule has 3 rings (SSSR count). The maximum atomic E-state index is 6.00. The van der Waals surface area contributed by atoms with Gasteiger partial charge in [-0.1, -0.05) is 11.6 Å². The van der Waals surface area contributed by atoms with E-state index in [0.29, 0.717) is 6.04 Å². The number of thiophene rings is 1. The lowest BCUT2D eigenvalue weighted by Crippen LogP contribution is -2.42. The fourth-order valence-electron chi connectivity index (χ4n) is 3.70. The van der Waals surface area contributed by atoms with Gasteiger partial charge in [-0.2, -0.15) is 0 Å². The summed E-state index contributed by atoms with van der Waals surface area (Å²) in [5.41, 5.74) is 0. The van der Waals surface area contributed by atoms with Crippen molar-refractivity contribution in [3.05, 3.63) is 21.3 Å². The van der Waals surface area contributed by atoms with Crippen LogP contribution in [0.15, 0.2) is 12.1 Å². The van der Waals surface area contributed by atoms with Gasteiger partial charge in [0.25, 0.3) is 0 Å². The average molecular weight is 299 g/mol. The molecule has 1 aromatic rings. The molecule has 0 amide bonds. The number of hydrogen-bond donors (Lipinski definition) is 1. The Morgan fingerprint density at radius 3 is 2.63 bits per heavy atom. The molecule has 2 bridgehead atoms. The van der Waals surface area contributed by atoms with Crippen molar-refractivity contribution in [1.29, 1.82) is 0 Å². The molecule has 2 saturated heterocycles. The first kappa shape index (κ1) is 13.9. The molecule has 1 N–H and O–H groups in total. The molecule has 19 heavy (non-hydrogen) atoms. The highest BCUT2D eigenvalue weighted by atomic mass is 35.5. The first-order valence-corrected chi connectivity index (χ1v) is 8.53. The third-order valence-electron chi connectivity index (χ3n) is 4.93. The zero-order valence-electron chi connectivity index (χ0n) is 11.7. The van der Waals surface area contributed by atoms with Crippen molar-refractivity contribution in [2.75, 3.05) is 13.6 Å². The van der Waals surface area contributed by atoms with Crippen molar-refractivity contribution in [1.82, 2.24) is 10.2 Å². The van der Waals surface area contributed by atoms with Gasteiger partial charge in [0.2, 0.25) is 0 Å². The van der Waals surface area contributed by atoms with Gasteiger partial charge in [0.1, 0.15) is 0 Å². The Labute approximate surface area is 125 Å². The van der Waals surface area contributed by atoms with Crippen molar-refractivity contribution >= 4 is 22.9 Å². The van der Waals surface area contributed by atoms with Crippen LogP contribution >= 0.6 is 22.9 Å². The van der Waals surface area contributed by atoms with E-state index >= 15 is 0 Å². The molecule has 2 aliphatic heterocycles. The maximum absolute atomic E-state index is 6.00. The van der Waals surface area contributed by atoms with Gasteiger partial charge in [0, 0.05) is 23.0 Å². The van der Waals surface area contributed by atoms with E-state index in [4.69, 9.17) is 11.6 Å². The van der Waals surface area contributed by atoms with E-state index in [-0.39, 0.29) is 0 Å². The zero-order valence-corrected chi connectivity index (χ0v) is 13.3. The van der Waals surface area contributed by atoms with Crippen LogP contribution in [0.3, 0.4) is 0 Å². The molecule has 3 unspecified atom stereocenters. The van der Waals surface area contributed by atoms with Gasteiger partial charge in [-0.15, -0.1) is 11.3 Å². The number of fused-ring (bicyclic) bond motifs is 2. The highest BCUT2D eigenvalue weighted by Gasteiger charge is 2.38. The molecular weight excluding hydrogens is 276 g/mol. The van der Waals surface area contributed by atoms with Crippen molar-refractivity contribution < 1.29 is 0 Å². The highest BCUT2D eigenvalue weighted by Crippen LogP contribution is 2.37. The van der Waals surface area contributed by atoms with E-state index in [9.17, 15) is 0 Å². The van der Waals surface area contributed by atoms with Crippen LogP contribution in [0.25, 0.3) is 0 Å². The van der Waals surface area contributed by atoms with Crippen molar-refractivity contribution in [2.45, 2.75) is 50.7 Å². The van der Waals surface area contributed by atoms with Crippen LogP contribution in [-0.2, 0) is 0 Å². The number of halogens is 1. The lowest BCUT2D eigenvalue weighted by molar-refractivity contribution is 0.131. The van der Waals surface area contributed by atoms with Crippen LogP contribution in [0.5, 0.6) is 0 Å². The molecule has 2 nitrogen and oxygen atoms in total. The van der Waals surface area contributed by atoms with Crippen molar-refractivity contribution in [2.24, 2.45) is 5.92 Å². The Hall–Kier alpha value is -0.0900. The minimum atomic E-state index is 0.426. The molecule has 106 valence electrons. The smallest absolute Gasteiger partial charge is 0.0931 e. The number of nitrogens with zero attached hydrogens (tertiary/aromatic N) is 1. The molecular formula is C15H23ClN2S. The molecule has 3 atom stereocenters. The Bertz CT molecular complexity index is 420. The van der Waals surface area contributed by atoms with E-state index in [1.165, 1.54) is 30.6 Å². The van der Waals surface area contributed by atoms with Crippen LogP contribution in [0, 0.1) is 5.92 Å². The largest absolute Gasteiger partial charge is 0.309 e. The molecule has 0 spiro atoms. The van der Waals surface area contributed by atoms with Crippen LogP contribution in [0.1, 0.15) is 43.5 Å². The summed E-state index contributed by atoms with van der Waals surface area (Å²) >= 11 is 7.69. The predicted octanol–water partition coefficient (Wildman–Crippen LogP) is 3.92. The zero-order chi connectivity index (χ0) is 13.4. The monoisotopic (exact) mass is 298 g/mol. The van der Waals surface area contributed by atoms with Crippen LogP contribution in [0.4, 0.5) is 0 Å². The Balaban J connectivity index is 1.50. The van der Waals surface area contributed by atoms with Gasteiger partial charge < -0.3 is 10.2 Å². The fourth-order valence-corrected chi connectivity index (χ4v) is 4.78. The summed E-state index contributed by atoms with van der Waals surface area (Å²) in [6.45, 7) is 3.39. The minimum Gasteiger partial charge on any atom is -0.309 e. The normalized spacial score (nSPS) is 32.7. The number of nitrogens with one attached hydrogen (secondary N) is 1. The second-order valence-electron chi connectivity index (χ2n) is 6.16. The summed E-state index contributed by atoms with van der Waals surface area (Å²) in [5, 5.41) is 3.70. The quantitative estimate of drug-likeness (QED) is 0.906. The molecule has 1 aromatic heterocycles. The molecule has 0 aliphatic carbocycles. The Morgan fingerprint density at radius 1 is 1.37 bits per heavy atom. The fraction of sp³-hybridized carbons (Fsp3) is 0.733. The Morgan fingerprint density at radius 2 is 2.05 bits per heavy atom. The van der Waals surface area contributed by atoms with Gasteiger partial charge in [-0.05, 0) is 64.3 Å². The third kappa shape index (κ3) is 2.99. The van der Waals surface area contributed by atoms with Crippen molar-refractivity contribution in [3.8, 4) is 0 Å². The summed E-state index contributed by atoms with van der Waals surface area (Å²) in [6, 6.07) is 6.25. The number of piperidine rings is 1. The first-order chi connectivity index (χ1) is 9.13. The van der Waals surface area contributed by atoms with E-state index in [2.05, 4.69) is 30.3 Å². The van der Waals surface area contributed by atoms with E-state index < -0.39 is 0 Å². The summed E-state index contributed by atoms with van der Waals surface area (Å²) in [7, 11) is 2.31. The van der Waals surface area contributed by atoms with Gasteiger partial charge in [-0.3, -0.25) is 0 Å². The van der Waals surface area contributed by atoms with Crippen molar-refractivity contribution in [3.63, 3.8) is 0 Å². The lowest BCUT2D eigenvalue weighted by atomic mass is 9.91. The minimum absolute atomic E-state index is 0.426. The van der Waals surface area contributed by atoms with E-state index in [0.717, 1.165) is 28.9 Å².